The fraction of sp³-hybridized carbons (Fsp3) is 0.273. The third kappa shape index (κ3) is 1.73. The summed E-state index contributed by atoms with van der Waals surface area (Å²) in [5.41, 5.74) is 3.75. The third-order valence-electron chi connectivity index (χ3n) is 2.17. The van der Waals surface area contributed by atoms with Crippen molar-refractivity contribution in [1.29, 1.82) is 0 Å². The molecule has 1 aromatic rings. The van der Waals surface area contributed by atoms with Crippen molar-refractivity contribution < 1.29 is 4.74 Å². The van der Waals surface area contributed by atoms with E-state index >= 15 is 0 Å². The monoisotopic (exact) mass is 175 g/mol. The molecule has 0 unspecified atom stereocenters. The minimum Gasteiger partial charge on any atom is -0.382 e. The molecule has 2 nitrogen and oxygen atoms in total. The quantitative estimate of drug-likeness (QED) is 0.712. The fourth-order valence-corrected chi connectivity index (χ4v) is 1.47. The molecule has 0 radical (unpaired) electrons. The van der Waals surface area contributed by atoms with Crippen LogP contribution in [-0.2, 0) is 18.0 Å². The second kappa shape index (κ2) is 3.62. The van der Waals surface area contributed by atoms with Gasteiger partial charge in [-0.05, 0) is 23.3 Å². The Kier molecular flexibility index (Phi) is 2.32. The summed E-state index contributed by atoms with van der Waals surface area (Å²) in [7, 11) is 0. The van der Waals surface area contributed by atoms with Gasteiger partial charge in [0.2, 0.25) is 0 Å². The van der Waals surface area contributed by atoms with Gasteiger partial charge in [-0.1, -0.05) is 12.1 Å². The molecular formula is C11H13NO. The zero-order valence-corrected chi connectivity index (χ0v) is 7.55. The van der Waals surface area contributed by atoms with Crippen LogP contribution in [0.25, 0.3) is 0 Å². The number of hydrogen-bond donors (Lipinski definition) is 1. The Bertz CT molecular complexity index is 320. The topological polar surface area (TPSA) is 21.3 Å². The van der Waals surface area contributed by atoms with E-state index in [1.54, 1.807) is 0 Å². The highest BCUT2D eigenvalue weighted by molar-refractivity contribution is 5.49. The van der Waals surface area contributed by atoms with Crippen LogP contribution in [0.3, 0.4) is 0 Å². The number of ether oxygens (including phenoxy) is 1. The van der Waals surface area contributed by atoms with Crippen LogP contribution in [0.5, 0.6) is 0 Å². The van der Waals surface area contributed by atoms with Crippen molar-refractivity contribution in [3.63, 3.8) is 0 Å². The van der Waals surface area contributed by atoms with Gasteiger partial charge in [-0.2, -0.15) is 0 Å². The number of nitrogens with one attached hydrogen (secondary N) is 1. The van der Waals surface area contributed by atoms with Crippen LogP contribution in [-0.4, -0.2) is 6.54 Å². The first-order valence-electron chi connectivity index (χ1n) is 4.44. The van der Waals surface area contributed by atoms with Gasteiger partial charge >= 0.3 is 0 Å². The molecule has 1 aromatic carbocycles. The van der Waals surface area contributed by atoms with Gasteiger partial charge in [0.1, 0.15) is 0 Å². The van der Waals surface area contributed by atoms with Crippen molar-refractivity contribution >= 4 is 5.69 Å². The highest BCUT2D eigenvalue weighted by Gasteiger charge is 2.10. The summed E-state index contributed by atoms with van der Waals surface area (Å²) in [6, 6.07) is 6.34. The van der Waals surface area contributed by atoms with Gasteiger partial charge in [0.25, 0.3) is 0 Å². The highest BCUT2D eigenvalue weighted by atomic mass is 16.5. The van der Waals surface area contributed by atoms with E-state index in [-0.39, 0.29) is 0 Å². The number of fused-ring (bicyclic) bond motifs is 1. The van der Waals surface area contributed by atoms with Gasteiger partial charge in [-0.25, -0.2) is 0 Å². The average Bonchev–Trinajstić information content (AvgIpc) is 2.61. The predicted octanol–water partition coefficient (Wildman–Crippen LogP) is 2.31. The molecule has 0 aliphatic carbocycles. The lowest BCUT2D eigenvalue weighted by molar-refractivity contribution is 0.134. The summed E-state index contributed by atoms with van der Waals surface area (Å²) in [6.45, 7) is 5.98. The smallest absolute Gasteiger partial charge is 0.0725 e. The summed E-state index contributed by atoms with van der Waals surface area (Å²) in [4.78, 5) is 0. The predicted molar refractivity (Wildman–Crippen MR) is 53.6 cm³/mol. The maximum Gasteiger partial charge on any atom is 0.0725 e. The lowest BCUT2D eigenvalue weighted by Crippen LogP contribution is -1.98. The van der Waals surface area contributed by atoms with Crippen LogP contribution in [0.2, 0.25) is 0 Å². The van der Waals surface area contributed by atoms with E-state index in [1.165, 1.54) is 11.1 Å². The number of rotatable bonds is 3. The first-order chi connectivity index (χ1) is 6.40. The third-order valence-corrected chi connectivity index (χ3v) is 2.17. The molecule has 0 bridgehead atoms. The Hall–Kier alpha value is -1.28. The molecular weight excluding hydrogens is 162 g/mol. The summed E-state index contributed by atoms with van der Waals surface area (Å²) in [6.07, 6.45) is 1.85. The minimum atomic E-state index is 0.749. The minimum absolute atomic E-state index is 0.749. The maximum atomic E-state index is 5.33. The molecule has 1 aliphatic rings. The lowest BCUT2D eigenvalue weighted by atomic mass is 10.1. The van der Waals surface area contributed by atoms with Crippen molar-refractivity contribution in [2.24, 2.45) is 0 Å². The molecule has 0 amide bonds. The summed E-state index contributed by atoms with van der Waals surface area (Å²) >= 11 is 0. The van der Waals surface area contributed by atoms with Gasteiger partial charge in [-0.15, -0.1) is 6.58 Å². The molecule has 0 atom stereocenters. The standard InChI is InChI=1S/C11H13NO/c1-2-5-12-11-4-3-9-7-13-8-10(9)6-11/h2-4,6,12H,1,5,7-8H2. The van der Waals surface area contributed by atoms with E-state index in [1.807, 2.05) is 6.08 Å². The van der Waals surface area contributed by atoms with Gasteiger partial charge in [0.05, 0.1) is 13.2 Å². The molecule has 0 saturated carbocycles. The molecule has 13 heavy (non-hydrogen) atoms. The van der Waals surface area contributed by atoms with Gasteiger partial charge in [-0.3, -0.25) is 0 Å². The molecule has 0 aromatic heterocycles. The Morgan fingerprint density at radius 2 is 2.23 bits per heavy atom. The molecule has 0 fully saturated rings. The van der Waals surface area contributed by atoms with Crippen molar-refractivity contribution in [2.45, 2.75) is 13.2 Å². The maximum absolute atomic E-state index is 5.33. The summed E-state index contributed by atoms with van der Waals surface area (Å²) in [5.74, 6) is 0. The van der Waals surface area contributed by atoms with Crippen LogP contribution in [0.1, 0.15) is 11.1 Å². The second-order valence-electron chi connectivity index (χ2n) is 3.15. The van der Waals surface area contributed by atoms with Crippen molar-refractivity contribution in [1.82, 2.24) is 0 Å². The Morgan fingerprint density at radius 1 is 1.38 bits per heavy atom. The van der Waals surface area contributed by atoms with Crippen molar-refractivity contribution in [3.8, 4) is 0 Å². The molecule has 1 aliphatic heterocycles. The molecule has 1 N–H and O–H groups in total. The molecule has 0 spiro atoms. The Morgan fingerprint density at radius 3 is 3.08 bits per heavy atom. The van der Waals surface area contributed by atoms with Gasteiger partial charge < -0.3 is 10.1 Å². The zero-order valence-electron chi connectivity index (χ0n) is 7.55. The van der Waals surface area contributed by atoms with Gasteiger partial charge in [0.15, 0.2) is 0 Å². The number of hydrogen-bond acceptors (Lipinski definition) is 2. The fourth-order valence-electron chi connectivity index (χ4n) is 1.47. The lowest BCUT2D eigenvalue weighted by Gasteiger charge is -2.04. The van der Waals surface area contributed by atoms with E-state index in [2.05, 4.69) is 30.1 Å². The van der Waals surface area contributed by atoms with Crippen LogP contribution < -0.4 is 5.32 Å². The van der Waals surface area contributed by atoms with Gasteiger partial charge in [0, 0.05) is 12.2 Å². The summed E-state index contributed by atoms with van der Waals surface area (Å²) < 4.78 is 5.33. The molecule has 0 saturated heterocycles. The number of benzene rings is 1. The van der Waals surface area contributed by atoms with Crippen molar-refractivity contribution in [2.75, 3.05) is 11.9 Å². The van der Waals surface area contributed by atoms with Crippen LogP contribution in [0, 0.1) is 0 Å². The largest absolute Gasteiger partial charge is 0.382 e. The highest BCUT2D eigenvalue weighted by Crippen LogP contribution is 2.22. The van der Waals surface area contributed by atoms with Crippen LogP contribution >= 0.6 is 0 Å². The van der Waals surface area contributed by atoms with E-state index in [4.69, 9.17) is 4.74 Å². The Balaban J connectivity index is 2.16. The van der Waals surface area contributed by atoms with Crippen LogP contribution in [0.15, 0.2) is 30.9 Å². The van der Waals surface area contributed by atoms with E-state index < -0.39 is 0 Å². The SMILES string of the molecule is C=CCNc1ccc2c(c1)COC2. The zero-order chi connectivity index (χ0) is 9.10. The van der Waals surface area contributed by atoms with E-state index in [0.29, 0.717) is 0 Å². The van der Waals surface area contributed by atoms with Crippen LogP contribution in [0.4, 0.5) is 5.69 Å². The first kappa shape index (κ1) is 8.32. The average molecular weight is 175 g/mol. The van der Waals surface area contributed by atoms with Crippen molar-refractivity contribution in [3.05, 3.63) is 42.0 Å². The van der Waals surface area contributed by atoms with E-state index in [0.717, 1.165) is 25.4 Å². The molecule has 2 rings (SSSR count). The molecule has 1 heterocycles. The normalized spacial score (nSPS) is 13.8. The Labute approximate surface area is 78.2 Å². The summed E-state index contributed by atoms with van der Waals surface area (Å²) in [5, 5.41) is 3.25. The number of anilines is 1. The molecule has 2 heteroatoms. The first-order valence-corrected chi connectivity index (χ1v) is 4.44. The molecule has 68 valence electrons. The van der Waals surface area contributed by atoms with E-state index in [9.17, 15) is 0 Å². The second-order valence-corrected chi connectivity index (χ2v) is 3.15.